The van der Waals surface area contributed by atoms with Crippen molar-refractivity contribution in [2.24, 2.45) is 5.11 Å². The van der Waals surface area contributed by atoms with Gasteiger partial charge in [-0.25, -0.2) is 5.53 Å². The van der Waals surface area contributed by atoms with E-state index in [1.807, 2.05) is 20.8 Å². The summed E-state index contributed by atoms with van der Waals surface area (Å²) in [5.41, 5.74) is 9.14. The molecule has 1 amide bonds. The lowest BCUT2D eigenvalue weighted by Gasteiger charge is -2.35. The predicted molar refractivity (Wildman–Crippen MR) is 69.8 cm³/mol. The van der Waals surface area contributed by atoms with Crippen LogP contribution in [0.2, 0.25) is 0 Å². The molecule has 0 saturated heterocycles. The maximum absolute atomic E-state index is 11.7. The molecule has 0 unspecified atom stereocenters. The summed E-state index contributed by atoms with van der Waals surface area (Å²) < 4.78 is 5.85. The Kier molecular flexibility index (Phi) is 3.08. The third kappa shape index (κ3) is 1.89. The van der Waals surface area contributed by atoms with Crippen LogP contribution in [-0.4, -0.2) is 16.6 Å². The molecule has 1 atom stereocenters. The van der Waals surface area contributed by atoms with Crippen LogP contribution >= 0.6 is 0 Å². The highest BCUT2D eigenvalue weighted by molar-refractivity contribution is 5.85. The Hall–Kier alpha value is -1.91. The third-order valence-electron chi connectivity index (χ3n) is 4.07. The summed E-state index contributed by atoms with van der Waals surface area (Å²) in [6.45, 7) is 7.20. The van der Waals surface area contributed by atoms with Crippen molar-refractivity contribution in [3.8, 4) is 11.5 Å². The number of hydrogen-bond donors (Lipinski definition) is 2. The quantitative estimate of drug-likeness (QED) is 0.763. The normalized spacial score (nSPS) is 21.5. The number of fused-ring (bicyclic) bond motifs is 1. The Morgan fingerprint density at radius 1 is 1.32 bits per heavy atom. The number of hydrogen-bond acceptors (Lipinski definition) is 4. The first kappa shape index (κ1) is 13.5. The lowest BCUT2D eigenvalue weighted by atomic mass is 9.87. The van der Waals surface area contributed by atoms with Crippen LogP contribution in [0.4, 0.5) is 0 Å². The first-order valence-electron chi connectivity index (χ1n) is 6.24. The minimum atomic E-state index is -1.07. The molecule has 0 radical (unpaired) electrons. The second kappa shape index (κ2) is 4.33. The van der Waals surface area contributed by atoms with Crippen molar-refractivity contribution < 1.29 is 14.6 Å². The molecule has 2 rings (SSSR count). The molecule has 0 aromatic heterocycles. The molecule has 102 valence electrons. The standard InChI is InChI=1S/C14H18N2O3/c1-7-8(2)12-10(9(3)11(7)17)5-6-14(4,19-12)13(18)16-15/h15,17H,5-6H2,1-4H3/t14-/m1/s1. The van der Waals surface area contributed by atoms with Crippen LogP contribution in [0, 0.1) is 26.3 Å². The second-order valence-corrected chi connectivity index (χ2v) is 5.28. The Bertz CT molecular complexity index is 581. The summed E-state index contributed by atoms with van der Waals surface area (Å²) in [6, 6.07) is 0. The highest BCUT2D eigenvalue weighted by Gasteiger charge is 2.40. The molecule has 19 heavy (non-hydrogen) atoms. The topological polar surface area (TPSA) is 82.7 Å². The van der Waals surface area contributed by atoms with Gasteiger partial charge in [-0.15, -0.1) is 5.11 Å². The number of phenols is 1. The van der Waals surface area contributed by atoms with E-state index in [1.165, 1.54) is 0 Å². The van der Waals surface area contributed by atoms with E-state index in [0.29, 0.717) is 24.3 Å². The van der Waals surface area contributed by atoms with Crippen LogP contribution in [0.3, 0.4) is 0 Å². The van der Waals surface area contributed by atoms with Gasteiger partial charge in [0.1, 0.15) is 11.5 Å². The fraction of sp³-hybridized carbons (Fsp3) is 0.500. The Morgan fingerprint density at radius 3 is 2.53 bits per heavy atom. The number of amides is 1. The molecule has 0 saturated carbocycles. The van der Waals surface area contributed by atoms with E-state index in [0.717, 1.165) is 22.3 Å². The summed E-state index contributed by atoms with van der Waals surface area (Å²) >= 11 is 0. The summed E-state index contributed by atoms with van der Waals surface area (Å²) in [6.07, 6.45) is 1.09. The second-order valence-electron chi connectivity index (χ2n) is 5.28. The molecule has 0 fully saturated rings. The van der Waals surface area contributed by atoms with E-state index in [9.17, 15) is 9.90 Å². The summed E-state index contributed by atoms with van der Waals surface area (Å²) in [4.78, 5) is 11.7. The predicted octanol–water partition coefficient (Wildman–Crippen LogP) is 2.96. The maximum atomic E-state index is 11.7. The van der Waals surface area contributed by atoms with E-state index >= 15 is 0 Å². The van der Waals surface area contributed by atoms with Gasteiger partial charge in [0.25, 0.3) is 0 Å². The Balaban J connectivity index is 2.58. The van der Waals surface area contributed by atoms with E-state index < -0.39 is 11.5 Å². The van der Waals surface area contributed by atoms with Gasteiger partial charge in [0.05, 0.1) is 0 Å². The van der Waals surface area contributed by atoms with Crippen molar-refractivity contribution in [2.75, 3.05) is 0 Å². The van der Waals surface area contributed by atoms with E-state index in [2.05, 4.69) is 5.11 Å². The van der Waals surface area contributed by atoms with E-state index in [4.69, 9.17) is 10.3 Å². The van der Waals surface area contributed by atoms with Gasteiger partial charge in [0.2, 0.25) is 0 Å². The molecule has 5 heteroatoms. The Labute approximate surface area is 112 Å². The number of benzene rings is 1. The van der Waals surface area contributed by atoms with Crippen LogP contribution in [0.5, 0.6) is 11.5 Å². The van der Waals surface area contributed by atoms with Gasteiger partial charge in [0, 0.05) is 12.0 Å². The molecular formula is C14H18N2O3. The fourth-order valence-corrected chi connectivity index (χ4v) is 2.52. The molecule has 0 bridgehead atoms. The van der Waals surface area contributed by atoms with E-state index in [-0.39, 0.29) is 0 Å². The van der Waals surface area contributed by atoms with Crippen LogP contribution in [0.15, 0.2) is 5.11 Å². The number of nitrogens with one attached hydrogen (secondary N) is 1. The average Bonchev–Trinajstić information content (AvgIpc) is 2.41. The van der Waals surface area contributed by atoms with Gasteiger partial charge in [-0.05, 0) is 50.8 Å². The van der Waals surface area contributed by atoms with Crippen molar-refractivity contribution in [1.82, 2.24) is 0 Å². The average molecular weight is 262 g/mol. The molecule has 0 aliphatic carbocycles. The molecule has 1 aromatic rings. The van der Waals surface area contributed by atoms with Gasteiger partial charge >= 0.3 is 5.91 Å². The van der Waals surface area contributed by atoms with Gasteiger partial charge in [-0.2, -0.15) is 0 Å². The largest absolute Gasteiger partial charge is 0.507 e. The van der Waals surface area contributed by atoms with Gasteiger partial charge in [0.15, 0.2) is 5.60 Å². The highest BCUT2D eigenvalue weighted by atomic mass is 16.5. The number of aromatic hydroxyl groups is 1. The first-order valence-corrected chi connectivity index (χ1v) is 6.24. The fourth-order valence-electron chi connectivity index (χ4n) is 2.52. The molecular weight excluding hydrogens is 244 g/mol. The van der Waals surface area contributed by atoms with Crippen LogP contribution in [0.25, 0.3) is 0 Å². The number of rotatable bonds is 1. The zero-order chi connectivity index (χ0) is 14.4. The van der Waals surface area contributed by atoms with Crippen molar-refractivity contribution in [2.45, 2.75) is 46.1 Å². The lowest BCUT2D eigenvalue weighted by molar-refractivity contribution is -0.134. The molecule has 1 aliphatic rings. The lowest BCUT2D eigenvalue weighted by Crippen LogP contribution is -2.43. The number of carbonyl (C=O) groups excluding carboxylic acids is 1. The van der Waals surface area contributed by atoms with E-state index in [1.54, 1.807) is 6.92 Å². The number of carbonyl (C=O) groups is 1. The van der Waals surface area contributed by atoms with Crippen molar-refractivity contribution >= 4 is 5.91 Å². The molecule has 1 heterocycles. The zero-order valence-corrected chi connectivity index (χ0v) is 11.6. The van der Waals surface area contributed by atoms with Gasteiger partial charge in [-0.3, -0.25) is 4.79 Å². The summed E-state index contributed by atoms with van der Waals surface area (Å²) in [7, 11) is 0. The van der Waals surface area contributed by atoms with Gasteiger partial charge < -0.3 is 9.84 Å². The smallest absolute Gasteiger partial charge is 0.307 e. The van der Waals surface area contributed by atoms with Crippen molar-refractivity contribution in [1.29, 1.82) is 5.53 Å². The maximum Gasteiger partial charge on any atom is 0.307 e. The minimum Gasteiger partial charge on any atom is -0.507 e. The molecule has 1 aliphatic heterocycles. The number of nitrogens with zero attached hydrogens (tertiary/aromatic N) is 1. The number of ether oxygens (including phenoxy) is 1. The van der Waals surface area contributed by atoms with Crippen LogP contribution < -0.4 is 4.74 Å². The number of phenolic OH excluding ortho intramolecular Hbond substituents is 1. The monoisotopic (exact) mass is 262 g/mol. The zero-order valence-electron chi connectivity index (χ0n) is 11.6. The molecule has 1 aromatic carbocycles. The van der Waals surface area contributed by atoms with Crippen molar-refractivity contribution in [3.63, 3.8) is 0 Å². The minimum absolute atomic E-state index is 0.292. The first-order chi connectivity index (χ1) is 8.81. The third-order valence-corrected chi connectivity index (χ3v) is 4.07. The van der Waals surface area contributed by atoms with Crippen LogP contribution in [0.1, 0.15) is 35.6 Å². The van der Waals surface area contributed by atoms with Crippen LogP contribution in [-0.2, 0) is 11.2 Å². The highest BCUT2D eigenvalue weighted by Crippen LogP contribution is 2.43. The summed E-state index contributed by atoms with van der Waals surface area (Å²) in [5.74, 6) is 0.374. The Morgan fingerprint density at radius 2 is 1.95 bits per heavy atom. The summed E-state index contributed by atoms with van der Waals surface area (Å²) in [5, 5.41) is 13.0. The van der Waals surface area contributed by atoms with Crippen molar-refractivity contribution in [3.05, 3.63) is 22.3 Å². The molecule has 5 nitrogen and oxygen atoms in total. The van der Waals surface area contributed by atoms with Gasteiger partial charge in [-0.1, -0.05) is 0 Å². The SMILES string of the molecule is Cc1c(C)c2c(c(C)c1O)CC[C@](C)(C(=O)N=N)O2. The molecule has 0 spiro atoms. The molecule has 2 N–H and O–H groups in total.